The molecule has 22 heavy (non-hydrogen) atoms. The summed E-state index contributed by atoms with van der Waals surface area (Å²) in [5, 5.41) is 9.66. The zero-order valence-electron chi connectivity index (χ0n) is 13.5. The van der Waals surface area contributed by atoms with Gasteiger partial charge in [0.1, 0.15) is 0 Å². The molecule has 1 heterocycles. The zero-order valence-corrected chi connectivity index (χ0v) is 13.5. The molecule has 1 aromatic rings. The summed E-state index contributed by atoms with van der Waals surface area (Å²) in [4.78, 5) is 14.4. The van der Waals surface area contributed by atoms with Crippen molar-refractivity contribution in [3.8, 4) is 0 Å². The second-order valence-corrected chi connectivity index (χ2v) is 7.00. The lowest BCUT2D eigenvalue weighted by Gasteiger charge is -2.22. The summed E-state index contributed by atoms with van der Waals surface area (Å²) in [5.41, 5.74) is 2.17. The Morgan fingerprint density at radius 3 is 2.41 bits per heavy atom. The van der Waals surface area contributed by atoms with E-state index in [9.17, 15) is 9.90 Å². The third kappa shape index (κ3) is 3.35. The summed E-state index contributed by atoms with van der Waals surface area (Å²) < 4.78 is 0. The van der Waals surface area contributed by atoms with Crippen molar-refractivity contribution < 1.29 is 9.90 Å². The lowest BCUT2D eigenvalue weighted by molar-refractivity contribution is 0.0762. The lowest BCUT2D eigenvalue weighted by Crippen LogP contribution is -2.30. The summed E-state index contributed by atoms with van der Waals surface area (Å²) in [6.45, 7) is 3.26. The molecular weight excluding hydrogens is 274 g/mol. The summed E-state index contributed by atoms with van der Waals surface area (Å²) in [5.74, 6) is 1.02. The molecule has 2 unspecified atom stereocenters. The van der Waals surface area contributed by atoms with E-state index in [0.717, 1.165) is 18.5 Å². The largest absolute Gasteiger partial charge is 0.393 e. The Kier molecular flexibility index (Phi) is 4.82. The van der Waals surface area contributed by atoms with E-state index in [-0.39, 0.29) is 17.9 Å². The first-order valence-corrected chi connectivity index (χ1v) is 8.72. The number of benzene rings is 1. The van der Waals surface area contributed by atoms with E-state index < -0.39 is 0 Å². The molecule has 1 saturated carbocycles. The van der Waals surface area contributed by atoms with Crippen molar-refractivity contribution in [3.63, 3.8) is 0 Å². The number of hydrogen-bond donors (Lipinski definition) is 1. The van der Waals surface area contributed by atoms with Gasteiger partial charge in [-0.15, -0.1) is 0 Å². The van der Waals surface area contributed by atoms with Crippen LogP contribution in [0.4, 0.5) is 0 Å². The molecule has 0 spiro atoms. The van der Waals surface area contributed by atoms with Crippen LogP contribution in [0.2, 0.25) is 0 Å². The van der Waals surface area contributed by atoms with Crippen LogP contribution in [0.1, 0.15) is 67.3 Å². The van der Waals surface area contributed by atoms with Gasteiger partial charge < -0.3 is 10.0 Å². The van der Waals surface area contributed by atoms with Gasteiger partial charge in [0, 0.05) is 24.6 Å². The highest BCUT2D eigenvalue weighted by atomic mass is 16.3. The summed E-state index contributed by atoms with van der Waals surface area (Å²) >= 11 is 0. The molecule has 3 nitrogen and oxygen atoms in total. The lowest BCUT2D eigenvalue weighted by atomic mass is 9.84. The molecule has 1 saturated heterocycles. The monoisotopic (exact) mass is 301 g/mol. The summed E-state index contributed by atoms with van der Waals surface area (Å²) in [6, 6.07) is 8.26. The Morgan fingerprint density at radius 2 is 1.82 bits per heavy atom. The number of aliphatic hydroxyl groups excluding tert-OH is 1. The number of carbonyl (C=O) groups excluding carboxylic acids is 1. The number of carbonyl (C=O) groups is 1. The molecule has 1 N–H and O–H groups in total. The molecule has 3 rings (SSSR count). The maximum Gasteiger partial charge on any atom is 0.253 e. The molecule has 3 heteroatoms. The van der Waals surface area contributed by atoms with E-state index in [1.165, 1.54) is 37.7 Å². The zero-order chi connectivity index (χ0) is 15.5. The first-order chi connectivity index (χ1) is 10.6. The standard InChI is InChI=1S/C19H27NO2/c1-14(21)18-11-12-20(13-18)19(22)17-9-7-16(8-10-17)15-5-3-2-4-6-15/h7-10,14-15,18,21H,2-6,11-13H2,1H3. The van der Waals surface area contributed by atoms with Gasteiger partial charge in [0.05, 0.1) is 6.10 Å². The van der Waals surface area contributed by atoms with Crippen LogP contribution < -0.4 is 0 Å². The Labute approximate surface area is 133 Å². The third-order valence-electron chi connectivity index (χ3n) is 5.43. The number of nitrogens with zero attached hydrogens (tertiary/aromatic N) is 1. The predicted molar refractivity (Wildman–Crippen MR) is 88.0 cm³/mol. The van der Waals surface area contributed by atoms with Crippen molar-refractivity contribution >= 4 is 5.91 Å². The number of aliphatic hydroxyl groups is 1. The molecule has 2 atom stereocenters. The van der Waals surface area contributed by atoms with E-state index in [2.05, 4.69) is 12.1 Å². The first-order valence-electron chi connectivity index (χ1n) is 8.72. The van der Waals surface area contributed by atoms with Crippen LogP contribution in [0.3, 0.4) is 0 Å². The Balaban J connectivity index is 1.64. The molecule has 1 aromatic carbocycles. The average molecular weight is 301 g/mol. The van der Waals surface area contributed by atoms with Crippen molar-refractivity contribution in [1.82, 2.24) is 4.90 Å². The van der Waals surface area contributed by atoms with Crippen LogP contribution in [0.25, 0.3) is 0 Å². The highest BCUT2D eigenvalue weighted by molar-refractivity contribution is 5.94. The van der Waals surface area contributed by atoms with Gasteiger partial charge in [-0.3, -0.25) is 4.79 Å². The predicted octanol–water partition coefficient (Wildman–Crippen LogP) is 3.58. The van der Waals surface area contributed by atoms with Crippen LogP contribution in [0.15, 0.2) is 24.3 Å². The van der Waals surface area contributed by atoms with Crippen LogP contribution in [0.5, 0.6) is 0 Å². The van der Waals surface area contributed by atoms with Crippen molar-refractivity contribution in [1.29, 1.82) is 0 Å². The van der Waals surface area contributed by atoms with E-state index >= 15 is 0 Å². The molecule has 0 aromatic heterocycles. The minimum atomic E-state index is -0.327. The number of amides is 1. The van der Waals surface area contributed by atoms with Gasteiger partial charge in [0.2, 0.25) is 0 Å². The van der Waals surface area contributed by atoms with Gasteiger partial charge >= 0.3 is 0 Å². The smallest absolute Gasteiger partial charge is 0.253 e. The fourth-order valence-electron chi connectivity index (χ4n) is 3.88. The highest BCUT2D eigenvalue weighted by Crippen LogP contribution is 2.32. The maximum atomic E-state index is 12.5. The number of hydrogen-bond acceptors (Lipinski definition) is 2. The molecule has 1 aliphatic carbocycles. The summed E-state index contributed by atoms with van der Waals surface area (Å²) in [7, 11) is 0. The molecule has 2 aliphatic rings. The number of likely N-dealkylation sites (tertiary alicyclic amines) is 1. The van der Waals surface area contributed by atoms with E-state index in [0.29, 0.717) is 12.5 Å². The molecule has 0 radical (unpaired) electrons. The normalized spacial score (nSPS) is 24.5. The molecule has 1 aliphatic heterocycles. The maximum absolute atomic E-state index is 12.5. The van der Waals surface area contributed by atoms with Crippen LogP contribution in [-0.4, -0.2) is 35.1 Å². The van der Waals surface area contributed by atoms with Gasteiger partial charge in [0.15, 0.2) is 0 Å². The van der Waals surface area contributed by atoms with Crippen LogP contribution in [-0.2, 0) is 0 Å². The van der Waals surface area contributed by atoms with Crippen LogP contribution >= 0.6 is 0 Å². The molecule has 0 bridgehead atoms. The third-order valence-corrected chi connectivity index (χ3v) is 5.43. The fraction of sp³-hybridized carbons (Fsp3) is 0.632. The van der Waals surface area contributed by atoms with Gasteiger partial charge in [-0.25, -0.2) is 0 Å². The quantitative estimate of drug-likeness (QED) is 0.927. The SMILES string of the molecule is CC(O)C1CCN(C(=O)c2ccc(C3CCCCC3)cc2)C1. The van der Waals surface area contributed by atoms with Crippen molar-refractivity contribution in [2.45, 2.75) is 57.5 Å². The Hall–Kier alpha value is -1.35. The summed E-state index contributed by atoms with van der Waals surface area (Å²) in [6.07, 6.45) is 7.19. The van der Waals surface area contributed by atoms with E-state index in [1.807, 2.05) is 24.0 Å². The molecule has 2 fully saturated rings. The van der Waals surface area contributed by atoms with Crippen LogP contribution in [0, 0.1) is 5.92 Å². The second-order valence-electron chi connectivity index (χ2n) is 7.00. The van der Waals surface area contributed by atoms with Gasteiger partial charge in [-0.2, -0.15) is 0 Å². The second kappa shape index (κ2) is 6.82. The topological polar surface area (TPSA) is 40.5 Å². The average Bonchev–Trinajstić information content (AvgIpc) is 3.05. The molecule has 1 amide bonds. The highest BCUT2D eigenvalue weighted by Gasteiger charge is 2.29. The number of rotatable bonds is 3. The Morgan fingerprint density at radius 1 is 1.14 bits per heavy atom. The van der Waals surface area contributed by atoms with Crippen molar-refractivity contribution in [3.05, 3.63) is 35.4 Å². The molecule has 120 valence electrons. The van der Waals surface area contributed by atoms with Gasteiger partial charge in [-0.1, -0.05) is 31.4 Å². The van der Waals surface area contributed by atoms with E-state index in [4.69, 9.17) is 0 Å². The fourth-order valence-corrected chi connectivity index (χ4v) is 3.88. The minimum absolute atomic E-state index is 0.110. The minimum Gasteiger partial charge on any atom is -0.393 e. The van der Waals surface area contributed by atoms with Gasteiger partial charge in [0.25, 0.3) is 5.91 Å². The molecular formula is C19H27NO2. The first kappa shape index (κ1) is 15.5. The van der Waals surface area contributed by atoms with Crippen molar-refractivity contribution in [2.24, 2.45) is 5.92 Å². The van der Waals surface area contributed by atoms with E-state index in [1.54, 1.807) is 0 Å². The van der Waals surface area contributed by atoms with Crippen molar-refractivity contribution in [2.75, 3.05) is 13.1 Å². The van der Waals surface area contributed by atoms with Gasteiger partial charge in [-0.05, 0) is 49.8 Å². The Bertz CT molecular complexity index is 503.